The van der Waals surface area contributed by atoms with Crippen molar-refractivity contribution in [1.82, 2.24) is 44.9 Å². The first kappa shape index (κ1) is 34.8. The summed E-state index contributed by atoms with van der Waals surface area (Å²) >= 11 is 0. The largest absolute Gasteiger partial charge is 0.493 e. The molecule has 0 saturated heterocycles. The lowest BCUT2D eigenvalue weighted by Gasteiger charge is -2.13. The van der Waals surface area contributed by atoms with Gasteiger partial charge >= 0.3 is 0 Å². The number of nitrogens with one attached hydrogen (secondary N) is 4. The number of benzene rings is 1. The number of carbonyl (C=O) groups is 2. The normalized spacial score (nSPS) is 10.9. The number of rotatable bonds is 13. The minimum atomic E-state index is -0.563. The molecule has 0 saturated carbocycles. The second-order valence-electron chi connectivity index (χ2n) is 11.5. The molecule has 0 aliphatic heterocycles. The van der Waals surface area contributed by atoms with Crippen molar-refractivity contribution in [3.8, 4) is 51.4 Å². The number of hydrogen-bond donors (Lipinski definition) is 4. The third-order valence-electron chi connectivity index (χ3n) is 7.99. The summed E-state index contributed by atoms with van der Waals surface area (Å²) in [7, 11) is 4.51. The van der Waals surface area contributed by atoms with Gasteiger partial charge in [0.1, 0.15) is 17.1 Å². The summed E-state index contributed by atoms with van der Waals surface area (Å²) in [5.41, 5.74) is 2.96. The third-order valence-corrected chi connectivity index (χ3v) is 7.99. The number of nitrogens with zero attached hydrogens (tertiary/aromatic N) is 7. The Morgan fingerprint density at radius 2 is 1.41 bits per heavy atom. The van der Waals surface area contributed by atoms with Crippen LogP contribution in [0.3, 0.4) is 0 Å². The first-order chi connectivity index (χ1) is 26.3. The van der Waals surface area contributed by atoms with Crippen LogP contribution in [0.4, 0.5) is 11.9 Å². The molecule has 18 nitrogen and oxygen atoms in total. The van der Waals surface area contributed by atoms with Crippen LogP contribution in [0.25, 0.3) is 34.2 Å². The molecule has 0 spiro atoms. The highest BCUT2D eigenvalue weighted by Gasteiger charge is 2.18. The fourth-order valence-electron chi connectivity index (χ4n) is 5.44. The lowest BCUT2D eigenvalue weighted by molar-refractivity contribution is -0.115. The molecule has 0 bridgehead atoms. The molecular weight excluding hydrogens is 698 g/mol. The number of aromatic amines is 2. The van der Waals surface area contributed by atoms with Gasteiger partial charge in [-0.15, -0.1) is 10.2 Å². The molecule has 54 heavy (non-hydrogen) atoms. The van der Waals surface area contributed by atoms with E-state index < -0.39 is 5.91 Å². The van der Waals surface area contributed by atoms with E-state index in [2.05, 4.69) is 51.0 Å². The predicted octanol–water partition coefficient (Wildman–Crippen LogP) is 3.98. The zero-order chi connectivity index (χ0) is 37.6. The van der Waals surface area contributed by atoms with Crippen LogP contribution in [0.2, 0.25) is 0 Å². The smallest absolute Gasteiger partial charge is 0.293 e. The van der Waals surface area contributed by atoms with Crippen LogP contribution < -0.4 is 30.4 Å². The molecule has 272 valence electrons. The first-order valence-corrected chi connectivity index (χ1v) is 16.2. The van der Waals surface area contributed by atoms with Crippen LogP contribution in [-0.2, 0) is 17.8 Å². The monoisotopic (exact) mass is 729 g/mol. The van der Waals surface area contributed by atoms with E-state index >= 15 is 0 Å². The van der Waals surface area contributed by atoms with Gasteiger partial charge in [0.15, 0.2) is 28.9 Å². The highest BCUT2D eigenvalue weighted by molar-refractivity contribution is 6.01. The van der Waals surface area contributed by atoms with E-state index in [1.807, 2.05) is 12.1 Å². The molecule has 7 aromatic rings. The molecule has 1 aromatic carbocycles. The van der Waals surface area contributed by atoms with Crippen molar-refractivity contribution in [1.29, 1.82) is 0 Å². The molecular formula is C36H31N11O7. The van der Waals surface area contributed by atoms with Gasteiger partial charge in [-0.2, -0.15) is 9.97 Å². The SMILES string of the molecule is COc1cc(CC(=O)Nc2n[nH]c(-c3cc(-c4ccnc(-c5nc(NC(=O)c6ccc(Cn7ccccc7=O)o6)n[nH]5)c4)ccn3)n2)cc(OC)c1OC. The van der Waals surface area contributed by atoms with Crippen LogP contribution >= 0.6 is 0 Å². The van der Waals surface area contributed by atoms with Crippen LogP contribution in [0, 0.1) is 0 Å². The summed E-state index contributed by atoms with van der Waals surface area (Å²) in [4.78, 5) is 55.3. The maximum atomic E-state index is 12.9. The van der Waals surface area contributed by atoms with Crippen LogP contribution in [0.5, 0.6) is 17.2 Å². The Kier molecular flexibility index (Phi) is 9.87. The van der Waals surface area contributed by atoms with Gasteiger partial charge in [0.05, 0.1) is 34.3 Å². The van der Waals surface area contributed by atoms with Gasteiger partial charge in [-0.1, -0.05) is 6.07 Å². The van der Waals surface area contributed by atoms with Crippen LogP contribution in [0.15, 0.2) is 94.5 Å². The topological polar surface area (TPSA) is 230 Å². The fraction of sp³-hybridized carbons (Fsp3) is 0.139. The van der Waals surface area contributed by atoms with E-state index in [4.69, 9.17) is 18.6 Å². The Morgan fingerprint density at radius 1 is 0.778 bits per heavy atom. The maximum Gasteiger partial charge on any atom is 0.293 e. The molecule has 0 radical (unpaired) electrons. The highest BCUT2D eigenvalue weighted by Crippen LogP contribution is 2.38. The van der Waals surface area contributed by atoms with Gasteiger partial charge in [-0.05, 0) is 71.3 Å². The standard InChI is InChI=1S/C36H31N11O7/c1-51-27-14-20(15-28(52-2)31(27)53-3)16-29(48)39-35-40-32(43-45-35)24-17-21(9-11-37-24)22-10-12-38-25(18-22)33-41-36(46-44-33)42-34(50)26-8-7-23(54-26)19-47-13-5-4-6-30(47)49/h4-15,17-18H,16,19H2,1-3H3,(H2,39,40,43,45,48)(H2,41,42,44,46,50). The number of furan rings is 1. The number of anilines is 2. The maximum absolute atomic E-state index is 12.9. The molecule has 2 amide bonds. The lowest BCUT2D eigenvalue weighted by Crippen LogP contribution is -2.18. The van der Waals surface area contributed by atoms with Crippen molar-refractivity contribution in [2.45, 2.75) is 13.0 Å². The Bertz CT molecular complexity index is 2490. The number of H-pyrrole nitrogens is 2. The van der Waals surface area contributed by atoms with Gasteiger partial charge in [-0.3, -0.25) is 45.2 Å². The Hall–Kier alpha value is -7.63. The predicted molar refractivity (Wildman–Crippen MR) is 193 cm³/mol. The fourth-order valence-corrected chi connectivity index (χ4v) is 5.44. The average Bonchev–Trinajstić information content (AvgIpc) is 3.98. The Balaban J connectivity index is 0.999. The molecule has 0 atom stereocenters. The number of pyridine rings is 3. The molecule has 4 N–H and O–H groups in total. The second-order valence-corrected chi connectivity index (χ2v) is 11.5. The number of ether oxygens (including phenoxy) is 3. The van der Waals surface area contributed by atoms with Crippen molar-refractivity contribution in [2.24, 2.45) is 0 Å². The van der Waals surface area contributed by atoms with E-state index in [0.717, 1.165) is 11.1 Å². The van der Waals surface area contributed by atoms with Crippen LogP contribution in [0.1, 0.15) is 21.9 Å². The summed E-state index contributed by atoms with van der Waals surface area (Å²) in [6.07, 6.45) is 4.87. The Morgan fingerprint density at radius 3 is 2.00 bits per heavy atom. The average molecular weight is 730 g/mol. The van der Waals surface area contributed by atoms with Crippen molar-refractivity contribution < 1.29 is 28.2 Å². The molecule has 7 rings (SSSR count). The molecule has 0 aliphatic carbocycles. The van der Waals surface area contributed by atoms with Crippen molar-refractivity contribution >= 4 is 23.7 Å². The van der Waals surface area contributed by atoms with Gasteiger partial charge < -0.3 is 23.2 Å². The van der Waals surface area contributed by atoms with Crippen LogP contribution in [-0.4, -0.2) is 78.0 Å². The minimum absolute atomic E-state index is 0.00206. The molecule has 0 aliphatic rings. The van der Waals surface area contributed by atoms with Gasteiger partial charge in [0, 0.05) is 24.7 Å². The summed E-state index contributed by atoms with van der Waals surface area (Å²) in [6.45, 7) is 0.176. The molecule has 0 unspecified atom stereocenters. The first-order valence-electron chi connectivity index (χ1n) is 16.2. The zero-order valence-corrected chi connectivity index (χ0v) is 29.0. The van der Waals surface area contributed by atoms with Crippen molar-refractivity contribution in [2.75, 3.05) is 32.0 Å². The molecule has 6 heterocycles. The molecule has 0 fully saturated rings. The number of carbonyl (C=O) groups excluding carboxylic acids is 2. The quantitative estimate of drug-likeness (QED) is 0.132. The van der Waals surface area contributed by atoms with Gasteiger partial charge in [-0.25, -0.2) is 0 Å². The summed E-state index contributed by atoms with van der Waals surface area (Å²) in [6, 6.07) is 18.6. The number of aromatic nitrogens is 9. The molecule has 6 aromatic heterocycles. The Labute approximate surface area is 305 Å². The number of amides is 2. The number of methoxy groups -OCH3 is 3. The molecule has 18 heteroatoms. The second kappa shape index (κ2) is 15.3. The summed E-state index contributed by atoms with van der Waals surface area (Å²) in [5.74, 6) is 1.58. The van der Waals surface area contributed by atoms with E-state index in [0.29, 0.717) is 51.6 Å². The van der Waals surface area contributed by atoms with E-state index in [1.165, 1.54) is 38.0 Å². The van der Waals surface area contributed by atoms with Gasteiger partial charge in [0.2, 0.25) is 23.6 Å². The number of hydrogen-bond acceptors (Lipinski definition) is 13. The summed E-state index contributed by atoms with van der Waals surface area (Å²) in [5, 5.41) is 19.1. The van der Waals surface area contributed by atoms with Gasteiger partial charge in [0.25, 0.3) is 11.5 Å². The van der Waals surface area contributed by atoms with Crippen molar-refractivity contribution in [3.05, 3.63) is 113 Å². The van der Waals surface area contributed by atoms with E-state index in [9.17, 15) is 14.4 Å². The zero-order valence-electron chi connectivity index (χ0n) is 29.0. The minimum Gasteiger partial charge on any atom is -0.493 e. The lowest BCUT2D eigenvalue weighted by atomic mass is 10.1. The van der Waals surface area contributed by atoms with E-state index in [-0.39, 0.29) is 42.1 Å². The highest BCUT2D eigenvalue weighted by atomic mass is 16.5. The summed E-state index contributed by atoms with van der Waals surface area (Å²) < 4.78 is 23.2. The third kappa shape index (κ3) is 7.66. The van der Waals surface area contributed by atoms with E-state index in [1.54, 1.807) is 61.1 Å². The van der Waals surface area contributed by atoms with Crippen molar-refractivity contribution in [3.63, 3.8) is 0 Å².